The second-order valence-corrected chi connectivity index (χ2v) is 6.33. The molecule has 0 aliphatic rings. The number of hydrogen-bond donors (Lipinski definition) is 2. The van der Waals surface area contributed by atoms with E-state index in [0.29, 0.717) is 29.1 Å². The molecule has 2 aromatic carbocycles. The molecule has 7 heteroatoms. The summed E-state index contributed by atoms with van der Waals surface area (Å²) >= 11 is 5.92. The van der Waals surface area contributed by atoms with Gasteiger partial charge in [-0.3, -0.25) is 0 Å². The summed E-state index contributed by atoms with van der Waals surface area (Å²) in [7, 11) is 3.25. The molecule has 0 fully saturated rings. The molecule has 3 rings (SSSR count). The molecule has 2 N–H and O–H groups in total. The van der Waals surface area contributed by atoms with E-state index < -0.39 is 0 Å². The smallest absolute Gasteiger partial charge is 0.225 e. The Morgan fingerprint density at radius 1 is 0.963 bits per heavy atom. The van der Waals surface area contributed by atoms with Gasteiger partial charge in [0.2, 0.25) is 5.95 Å². The number of methoxy groups -OCH3 is 2. The Labute approximate surface area is 163 Å². The van der Waals surface area contributed by atoms with Gasteiger partial charge in [-0.2, -0.15) is 4.98 Å². The lowest BCUT2D eigenvalue weighted by atomic mass is 10.2. The lowest BCUT2D eigenvalue weighted by Crippen LogP contribution is -2.06. The van der Waals surface area contributed by atoms with Crippen LogP contribution in [0.3, 0.4) is 0 Å². The van der Waals surface area contributed by atoms with Crippen molar-refractivity contribution in [3.63, 3.8) is 0 Å². The average Bonchev–Trinajstić information content (AvgIpc) is 2.67. The van der Waals surface area contributed by atoms with Crippen molar-refractivity contribution in [3.8, 4) is 11.5 Å². The van der Waals surface area contributed by atoms with Gasteiger partial charge in [0, 0.05) is 29.4 Å². The molecular formula is C20H21ClN4O2. The third-order valence-electron chi connectivity index (χ3n) is 3.89. The molecule has 27 heavy (non-hydrogen) atoms. The fourth-order valence-corrected chi connectivity index (χ4v) is 2.67. The average molecular weight is 385 g/mol. The predicted molar refractivity (Wildman–Crippen MR) is 108 cm³/mol. The van der Waals surface area contributed by atoms with E-state index in [1.54, 1.807) is 14.2 Å². The lowest BCUT2D eigenvalue weighted by molar-refractivity contribution is 0.405. The van der Waals surface area contributed by atoms with Gasteiger partial charge in [-0.15, -0.1) is 0 Å². The first kappa shape index (κ1) is 18.8. The van der Waals surface area contributed by atoms with E-state index in [9.17, 15) is 0 Å². The molecule has 0 amide bonds. The van der Waals surface area contributed by atoms with Crippen LogP contribution in [-0.2, 0) is 6.54 Å². The second-order valence-electron chi connectivity index (χ2n) is 5.89. The Bertz CT molecular complexity index is 916. The summed E-state index contributed by atoms with van der Waals surface area (Å²) in [6.07, 6.45) is 0. The van der Waals surface area contributed by atoms with Crippen molar-refractivity contribution in [1.82, 2.24) is 9.97 Å². The van der Waals surface area contributed by atoms with Crippen LogP contribution >= 0.6 is 11.6 Å². The van der Waals surface area contributed by atoms with Crippen molar-refractivity contribution < 1.29 is 9.47 Å². The molecular weight excluding hydrogens is 364 g/mol. The highest BCUT2D eigenvalue weighted by molar-refractivity contribution is 6.30. The fourth-order valence-electron chi connectivity index (χ4n) is 2.54. The Balaban J connectivity index is 1.78. The molecule has 0 atom stereocenters. The summed E-state index contributed by atoms with van der Waals surface area (Å²) in [5.41, 5.74) is 2.69. The number of halogens is 1. The first-order valence-corrected chi connectivity index (χ1v) is 8.78. The number of ether oxygens (including phenoxy) is 2. The molecule has 0 spiro atoms. The van der Waals surface area contributed by atoms with Crippen molar-refractivity contribution in [2.75, 3.05) is 24.9 Å². The number of hydrogen-bond acceptors (Lipinski definition) is 6. The number of anilines is 3. The minimum absolute atomic E-state index is 0.536. The van der Waals surface area contributed by atoms with Crippen LogP contribution < -0.4 is 20.1 Å². The highest BCUT2D eigenvalue weighted by atomic mass is 35.5. The van der Waals surface area contributed by atoms with E-state index in [1.165, 1.54) is 0 Å². The summed E-state index contributed by atoms with van der Waals surface area (Å²) < 4.78 is 10.7. The van der Waals surface area contributed by atoms with Crippen molar-refractivity contribution in [3.05, 3.63) is 64.8 Å². The Kier molecular flexibility index (Phi) is 5.98. The zero-order valence-corrected chi connectivity index (χ0v) is 16.2. The number of nitrogens with zero attached hydrogens (tertiary/aromatic N) is 2. The van der Waals surface area contributed by atoms with E-state index in [-0.39, 0.29) is 0 Å². The summed E-state index contributed by atoms with van der Waals surface area (Å²) in [5.74, 6) is 2.62. The van der Waals surface area contributed by atoms with Crippen LogP contribution in [0.5, 0.6) is 11.5 Å². The van der Waals surface area contributed by atoms with Crippen LogP contribution in [-0.4, -0.2) is 24.2 Å². The maximum Gasteiger partial charge on any atom is 0.225 e. The molecule has 1 aromatic heterocycles. The van der Waals surface area contributed by atoms with Gasteiger partial charge in [0.25, 0.3) is 0 Å². The Hall–Kier alpha value is -2.99. The normalized spacial score (nSPS) is 10.4. The summed E-state index contributed by atoms with van der Waals surface area (Å²) in [4.78, 5) is 8.98. The molecule has 0 saturated heterocycles. The maximum atomic E-state index is 5.92. The SMILES string of the molecule is COc1ccc(OC)c(Nc2cc(C)nc(NCc3ccc(Cl)cc3)n2)c1. The van der Waals surface area contributed by atoms with Gasteiger partial charge < -0.3 is 20.1 Å². The minimum Gasteiger partial charge on any atom is -0.497 e. The molecule has 0 radical (unpaired) electrons. The zero-order valence-electron chi connectivity index (χ0n) is 15.4. The number of rotatable bonds is 7. The number of aryl methyl sites for hydroxylation is 1. The molecule has 0 saturated carbocycles. The molecule has 140 valence electrons. The van der Waals surface area contributed by atoms with Gasteiger partial charge in [0.1, 0.15) is 17.3 Å². The van der Waals surface area contributed by atoms with Crippen LogP contribution in [0.15, 0.2) is 48.5 Å². The highest BCUT2D eigenvalue weighted by Gasteiger charge is 2.08. The van der Waals surface area contributed by atoms with E-state index >= 15 is 0 Å². The monoisotopic (exact) mass is 384 g/mol. The highest BCUT2D eigenvalue weighted by Crippen LogP contribution is 2.31. The van der Waals surface area contributed by atoms with Crippen LogP contribution in [0, 0.1) is 6.92 Å². The molecule has 0 bridgehead atoms. The quantitative estimate of drug-likeness (QED) is 0.609. The number of benzene rings is 2. The first-order chi connectivity index (χ1) is 13.1. The Morgan fingerprint density at radius 3 is 2.44 bits per heavy atom. The molecule has 1 heterocycles. The summed E-state index contributed by atoms with van der Waals surface area (Å²) in [6.45, 7) is 2.52. The summed E-state index contributed by atoms with van der Waals surface area (Å²) in [6, 6.07) is 15.1. The number of nitrogens with one attached hydrogen (secondary N) is 2. The van der Waals surface area contributed by atoms with Crippen molar-refractivity contribution >= 4 is 29.1 Å². The molecule has 3 aromatic rings. The molecule has 0 aliphatic heterocycles. The van der Waals surface area contributed by atoms with Crippen molar-refractivity contribution in [2.45, 2.75) is 13.5 Å². The summed E-state index contributed by atoms with van der Waals surface area (Å²) in [5, 5.41) is 7.22. The predicted octanol–water partition coefficient (Wildman–Crippen LogP) is 4.81. The van der Waals surface area contributed by atoms with Gasteiger partial charge in [-0.25, -0.2) is 4.98 Å². The Morgan fingerprint density at radius 2 is 1.74 bits per heavy atom. The van der Waals surface area contributed by atoms with Crippen LogP contribution in [0.4, 0.5) is 17.5 Å². The maximum absolute atomic E-state index is 5.92. The molecule has 6 nitrogen and oxygen atoms in total. The standard InChI is InChI=1S/C20H21ClN4O2/c1-13-10-19(24-17-11-16(26-2)8-9-18(17)27-3)25-20(23-13)22-12-14-4-6-15(21)7-5-14/h4-11H,12H2,1-3H3,(H2,22,23,24,25). The second kappa shape index (κ2) is 8.60. The van der Waals surface area contributed by atoms with Gasteiger partial charge in [0.05, 0.1) is 19.9 Å². The van der Waals surface area contributed by atoms with Gasteiger partial charge in [-0.05, 0) is 36.8 Å². The zero-order chi connectivity index (χ0) is 19.2. The van der Waals surface area contributed by atoms with E-state index in [1.807, 2.05) is 55.5 Å². The van der Waals surface area contributed by atoms with Crippen LogP contribution in [0.1, 0.15) is 11.3 Å². The third kappa shape index (κ3) is 5.01. The van der Waals surface area contributed by atoms with Gasteiger partial charge in [0.15, 0.2) is 0 Å². The van der Waals surface area contributed by atoms with E-state index in [0.717, 1.165) is 22.7 Å². The topological polar surface area (TPSA) is 68.3 Å². The van der Waals surface area contributed by atoms with E-state index in [2.05, 4.69) is 20.6 Å². The largest absolute Gasteiger partial charge is 0.497 e. The van der Waals surface area contributed by atoms with Crippen LogP contribution in [0.2, 0.25) is 5.02 Å². The van der Waals surface area contributed by atoms with Crippen molar-refractivity contribution in [1.29, 1.82) is 0 Å². The first-order valence-electron chi connectivity index (χ1n) is 8.40. The van der Waals surface area contributed by atoms with E-state index in [4.69, 9.17) is 21.1 Å². The molecule has 0 aliphatic carbocycles. The van der Waals surface area contributed by atoms with Gasteiger partial charge >= 0.3 is 0 Å². The third-order valence-corrected chi connectivity index (χ3v) is 4.14. The van der Waals surface area contributed by atoms with Crippen molar-refractivity contribution in [2.24, 2.45) is 0 Å². The minimum atomic E-state index is 0.536. The lowest BCUT2D eigenvalue weighted by Gasteiger charge is -2.13. The van der Waals surface area contributed by atoms with Gasteiger partial charge in [-0.1, -0.05) is 23.7 Å². The molecule has 0 unspecified atom stereocenters. The number of aromatic nitrogens is 2. The fraction of sp³-hybridized carbons (Fsp3) is 0.200. The van der Waals surface area contributed by atoms with Crippen LogP contribution in [0.25, 0.3) is 0 Å².